The van der Waals surface area contributed by atoms with Crippen molar-refractivity contribution in [3.8, 4) is 0 Å². The molecule has 0 saturated carbocycles. The molecule has 3 aromatic rings. The number of halogens is 2. The number of benzene rings is 1. The molecule has 2 aromatic heterocycles. The van der Waals surface area contributed by atoms with E-state index in [1.54, 1.807) is 12.3 Å². The topological polar surface area (TPSA) is 82.5 Å². The first kappa shape index (κ1) is 23.1. The van der Waals surface area contributed by atoms with E-state index in [2.05, 4.69) is 35.0 Å². The molecule has 180 valence electrons. The second-order valence-electron chi connectivity index (χ2n) is 8.71. The van der Waals surface area contributed by atoms with Crippen LogP contribution in [0.15, 0.2) is 30.7 Å². The molecule has 4 heterocycles. The zero-order chi connectivity index (χ0) is 23.5. The Balaban J connectivity index is 1.28. The summed E-state index contributed by atoms with van der Waals surface area (Å²) in [6.07, 6.45) is 5.26. The van der Waals surface area contributed by atoms with Gasteiger partial charge in [0, 0.05) is 45.0 Å². The second-order valence-corrected chi connectivity index (χ2v) is 9.12. The van der Waals surface area contributed by atoms with Crippen molar-refractivity contribution in [2.75, 3.05) is 63.3 Å². The fourth-order valence-corrected chi connectivity index (χ4v) is 4.63. The third-order valence-electron chi connectivity index (χ3n) is 6.47. The maximum Gasteiger partial charge on any atom is 0.226 e. The molecule has 11 heteroatoms. The van der Waals surface area contributed by atoms with Crippen LogP contribution in [0.4, 0.5) is 21.8 Å². The number of rotatable bonds is 6. The largest absolute Gasteiger partial charge is 0.379 e. The summed E-state index contributed by atoms with van der Waals surface area (Å²) in [5, 5.41) is 3.21. The maximum atomic E-state index is 13.5. The van der Waals surface area contributed by atoms with Gasteiger partial charge in [-0.3, -0.25) is 9.80 Å². The van der Waals surface area contributed by atoms with Crippen molar-refractivity contribution in [1.29, 1.82) is 0 Å². The molecule has 0 bridgehead atoms. The Morgan fingerprint density at radius 1 is 1.12 bits per heavy atom. The lowest BCUT2D eigenvalue weighted by atomic mass is 10.0. The highest BCUT2D eigenvalue weighted by atomic mass is 35.5. The molecular weight excluding hydrogens is 459 g/mol. The summed E-state index contributed by atoms with van der Waals surface area (Å²) < 4.78 is 19.0. The number of anilines is 3. The molecule has 0 spiro atoms. The maximum absolute atomic E-state index is 13.5. The molecule has 2 aliphatic rings. The van der Waals surface area contributed by atoms with Gasteiger partial charge < -0.3 is 15.0 Å². The molecule has 0 radical (unpaired) electrons. The van der Waals surface area contributed by atoms with Crippen LogP contribution < -0.4 is 10.2 Å². The Labute approximate surface area is 202 Å². The van der Waals surface area contributed by atoms with Gasteiger partial charge in [-0.25, -0.2) is 24.3 Å². The zero-order valence-corrected chi connectivity index (χ0v) is 19.9. The molecule has 0 amide bonds. The number of nitrogens with zero attached hydrogens (tertiary/aromatic N) is 7. The normalized spacial score (nSPS) is 18.3. The Kier molecular flexibility index (Phi) is 7.00. The zero-order valence-electron chi connectivity index (χ0n) is 19.1. The highest BCUT2D eigenvalue weighted by Gasteiger charge is 2.26. The predicted octanol–water partition coefficient (Wildman–Crippen LogP) is 3.15. The van der Waals surface area contributed by atoms with Gasteiger partial charge in [-0.15, -0.1) is 0 Å². The van der Waals surface area contributed by atoms with Crippen LogP contribution in [0.3, 0.4) is 0 Å². The summed E-state index contributed by atoms with van der Waals surface area (Å²) in [6.45, 7) is 6.76. The fourth-order valence-electron chi connectivity index (χ4n) is 4.45. The van der Waals surface area contributed by atoms with Crippen molar-refractivity contribution >= 4 is 40.1 Å². The van der Waals surface area contributed by atoms with Crippen molar-refractivity contribution < 1.29 is 9.13 Å². The van der Waals surface area contributed by atoms with Gasteiger partial charge in [0.25, 0.3) is 0 Å². The number of piperidine rings is 1. The number of aromatic nitrogens is 4. The molecule has 9 nitrogen and oxygen atoms in total. The number of fused-ring (bicyclic) bond motifs is 1. The van der Waals surface area contributed by atoms with Crippen molar-refractivity contribution in [2.24, 2.45) is 0 Å². The Bertz CT molecular complexity index is 1140. The van der Waals surface area contributed by atoms with E-state index < -0.39 is 5.82 Å². The van der Waals surface area contributed by atoms with Gasteiger partial charge >= 0.3 is 0 Å². The minimum atomic E-state index is -0.470. The smallest absolute Gasteiger partial charge is 0.226 e. The molecule has 2 saturated heterocycles. The third-order valence-corrected chi connectivity index (χ3v) is 6.76. The van der Waals surface area contributed by atoms with Crippen molar-refractivity contribution in [3.63, 3.8) is 0 Å². The highest BCUT2D eigenvalue weighted by Crippen LogP contribution is 2.27. The molecule has 1 aromatic carbocycles. The fraction of sp³-hybridized carbons (Fsp3) is 0.478. The quantitative estimate of drug-likeness (QED) is 0.565. The van der Waals surface area contributed by atoms with Crippen LogP contribution in [-0.4, -0.2) is 88.9 Å². The Hall–Kier alpha value is -2.66. The van der Waals surface area contributed by atoms with Gasteiger partial charge in [-0.2, -0.15) is 0 Å². The standard InChI is InChI=1S/C23H28ClFN8O/c1-31(17-4-6-32(7-5-17)15-33-8-10-34-11-9-33)23-26-13-20-21(30-23)22(28-14-27-20)29-16-2-3-19(25)18(24)12-16/h2-3,12-14,17H,4-11,15H2,1H3,(H,27,28,29). The number of nitrogens with one attached hydrogen (secondary N) is 1. The summed E-state index contributed by atoms with van der Waals surface area (Å²) in [6, 6.07) is 4.79. The van der Waals surface area contributed by atoms with Gasteiger partial charge in [0.1, 0.15) is 23.2 Å². The SMILES string of the molecule is CN(c1ncc2ncnc(Nc3ccc(F)c(Cl)c3)c2n1)C1CCN(CN2CCOCC2)CC1. The molecular formula is C23H28ClFN8O. The average molecular weight is 487 g/mol. The molecule has 0 unspecified atom stereocenters. The lowest BCUT2D eigenvalue weighted by Gasteiger charge is -2.39. The Morgan fingerprint density at radius 3 is 2.65 bits per heavy atom. The first-order chi connectivity index (χ1) is 16.6. The second kappa shape index (κ2) is 10.3. The van der Waals surface area contributed by atoms with Gasteiger partial charge in [-0.05, 0) is 31.0 Å². The average Bonchev–Trinajstić information content (AvgIpc) is 2.87. The molecule has 0 aliphatic carbocycles. The summed E-state index contributed by atoms with van der Waals surface area (Å²) in [5.41, 5.74) is 1.85. The van der Waals surface area contributed by atoms with Crippen LogP contribution in [0.2, 0.25) is 5.02 Å². The first-order valence-corrected chi connectivity index (χ1v) is 11.9. The molecule has 1 N–H and O–H groups in total. The van der Waals surface area contributed by atoms with Gasteiger partial charge in [-0.1, -0.05) is 11.6 Å². The van der Waals surface area contributed by atoms with E-state index in [1.165, 1.54) is 18.5 Å². The summed E-state index contributed by atoms with van der Waals surface area (Å²) >= 11 is 5.92. The van der Waals surface area contributed by atoms with E-state index in [0.717, 1.165) is 58.9 Å². The summed E-state index contributed by atoms with van der Waals surface area (Å²) in [5.74, 6) is 0.682. The van der Waals surface area contributed by atoms with Crippen molar-refractivity contribution in [2.45, 2.75) is 18.9 Å². The lowest BCUT2D eigenvalue weighted by Crippen LogP contribution is -2.49. The van der Waals surface area contributed by atoms with E-state index >= 15 is 0 Å². The highest BCUT2D eigenvalue weighted by molar-refractivity contribution is 6.31. The monoisotopic (exact) mass is 486 g/mol. The number of morpholine rings is 1. The summed E-state index contributed by atoms with van der Waals surface area (Å²) in [7, 11) is 2.04. The van der Waals surface area contributed by atoms with Crippen molar-refractivity contribution in [3.05, 3.63) is 41.6 Å². The molecule has 2 fully saturated rings. The van der Waals surface area contributed by atoms with Crippen LogP contribution in [-0.2, 0) is 4.74 Å². The van der Waals surface area contributed by atoms with Gasteiger partial charge in [0.05, 0.1) is 31.1 Å². The molecule has 0 atom stereocenters. The van der Waals surface area contributed by atoms with Crippen LogP contribution >= 0.6 is 11.6 Å². The van der Waals surface area contributed by atoms with Gasteiger partial charge in [0.15, 0.2) is 5.82 Å². The molecule has 5 rings (SSSR count). The minimum absolute atomic E-state index is 0.0402. The van der Waals surface area contributed by atoms with Crippen LogP contribution in [0.25, 0.3) is 11.0 Å². The van der Waals surface area contributed by atoms with Crippen LogP contribution in [0.5, 0.6) is 0 Å². The van der Waals surface area contributed by atoms with Crippen LogP contribution in [0, 0.1) is 5.82 Å². The van der Waals surface area contributed by atoms with Crippen molar-refractivity contribution in [1.82, 2.24) is 29.7 Å². The number of hydrogen-bond acceptors (Lipinski definition) is 9. The number of hydrogen-bond donors (Lipinski definition) is 1. The minimum Gasteiger partial charge on any atom is -0.379 e. The molecule has 2 aliphatic heterocycles. The Morgan fingerprint density at radius 2 is 1.88 bits per heavy atom. The van der Waals surface area contributed by atoms with E-state index in [-0.39, 0.29) is 5.02 Å². The molecule has 34 heavy (non-hydrogen) atoms. The van der Waals surface area contributed by atoms with E-state index in [4.69, 9.17) is 21.3 Å². The third kappa shape index (κ3) is 5.20. The number of ether oxygens (including phenoxy) is 1. The number of likely N-dealkylation sites (tertiary alicyclic amines) is 1. The lowest BCUT2D eigenvalue weighted by molar-refractivity contribution is 0.00513. The summed E-state index contributed by atoms with van der Waals surface area (Å²) in [4.78, 5) is 25.1. The first-order valence-electron chi connectivity index (χ1n) is 11.5. The van der Waals surface area contributed by atoms with E-state index in [0.29, 0.717) is 34.5 Å². The predicted molar refractivity (Wildman–Crippen MR) is 130 cm³/mol. The van der Waals surface area contributed by atoms with E-state index in [9.17, 15) is 4.39 Å². The van der Waals surface area contributed by atoms with E-state index in [1.807, 2.05) is 7.05 Å². The van der Waals surface area contributed by atoms with Crippen LogP contribution in [0.1, 0.15) is 12.8 Å². The van der Waals surface area contributed by atoms with Gasteiger partial charge in [0.2, 0.25) is 5.95 Å².